The molecule has 1 aromatic rings. The number of rotatable bonds is 9. The fourth-order valence-corrected chi connectivity index (χ4v) is 6.35. The Morgan fingerprint density at radius 3 is 2.41 bits per heavy atom. The number of nitrogens with one attached hydrogen (secondary N) is 2. The monoisotopic (exact) mass is 543 g/mol. The number of fused-ring (bicyclic) bond motifs is 2. The molecule has 0 aromatic heterocycles. The number of carbonyl (C=O) groups excluding carboxylic acids is 2. The van der Waals surface area contributed by atoms with E-state index in [9.17, 15) is 29.1 Å². The van der Waals surface area contributed by atoms with Crippen LogP contribution in [0.4, 0.5) is 4.39 Å². The Balaban J connectivity index is 1.52. The van der Waals surface area contributed by atoms with Crippen molar-refractivity contribution in [3.63, 3.8) is 0 Å². The van der Waals surface area contributed by atoms with Gasteiger partial charge < -0.3 is 25.2 Å². The highest BCUT2D eigenvalue weighted by atomic mass is 19.1. The molecule has 4 atom stereocenters. The maximum absolute atomic E-state index is 14.0. The van der Waals surface area contributed by atoms with Crippen molar-refractivity contribution in [2.75, 3.05) is 13.7 Å². The van der Waals surface area contributed by atoms with Crippen LogP contribution in [0.3, 0.4) is 0 Å². The molecule has 3 aliphatic carbocycles. The van der Waals surface area contributed by atoms with E-state index in [0.29, 0.717) is 25.7 Å². The lowest BCUT2D eigenvalue weighted by atomic mass is 9.75. The van der Waals surface area contributed by atoms with Crippen LogP contribution in [-0.4, -0.2) is 54.4 Å². The largest absolute Gasteiger partial charge is 0.496 e. The first-order chi connectivity index (χ1) is 18.3. The van der Waals surface area contributed by atoms with E-state index in [1.54, 1.807) is 6.92 Å². The topological polar surface area (TPSA) is 138 Å². The third-order valence-electron chi connectivity index (χ3n) is 8.71. The van der Waals surface area contributed by atoms with Crippen LogP contribution < -0.4 is 20.1 Å². The van der Waals surface area contributed by atoms with Gasteiger partial charge in [-0.05, 0) is 83.6 Å². The van der Waals surface area contributed by atoms with Gasteiger partial charge in [0.1, 0.15) is 23.2 Å². The number of aliphatic carboxylic acids is 1. The Bertz CT molecular complexity index is 1160. The summed E-state index contributed by atoms with van der Waals surface area (Å²) in [5, 5.41) is 25.0. The van der Waals surface area contributed by atoms with Gasteiger partial charge in [-0.3, -0.25) is 14.4 Å². The standard InChI is InChI=1S/C29H38FN3O6/c1-28(2,30)15-32-26(35)23-16-5-6-17(11-16)24(23)33-25(34)20-13-21(18(14-31)12-22(20)38-4)39-19-7-9-29(3,10-8-19)27(36)37/h12-13,16-17,19,23-24H,5-11,15H2,1-4H3,(H,32,35)(H,33,34)(H,36,37). The summed E-state index contributed by atoms with van der Waals surface area (Å²) in [6.07, 6.45) is 4.28. The van der Waals surface area contributed by atoms with Crippen molar-refractivity contribution >= 4 is 17.8 Å². The van der Waals surface area contributed by atoms with Crippen molar-refractivity contribution in [3.05, 3.63) is 23.3 Å². The summed E-state index contributed by atoms with van der Waals surface area (Å²) in [4.78, 5) is 38.2. The molecular formula is C29H38FN3O6. The van der Waals surface area contributed by atoms with E-state index >= 15 is 0 Å². The summed E-state index contributed by atoms with van der Waals surface area (Å²) in [7, 11) is 1.41. The van der Waals surface area contributed by atoms with Crippen molar-refractivity contribution in [2.24, 2.45) is 23.2 Å². The molecular weight excluding hydrogens is 505 g/mol. The minimum atomic E-state index is -1.54. The van der Waals surface area contributed by atoms with Gasteiger partial charge in [0.15, 0.2) is 0 Å². The first kappa shape index (κ1) is 28.7. The predicted octanol–water partition coefficient (Wildman–Crippen LogP) is 3.99. The average molecular weight is 544 g/mol. The van der Waals surface area contributed by atoms with Gasteiger partial charge in [-0.1, -0.05) is 0 Å². The molecule has 0 spiro atoms. The van der Waals surface area contributed by atoms with Gasteiger partial charge in [-0.15, -0.1) is 0 Å². The molecule has 0 heterocycles. The fourth-order valence-electron chi connectivity index (χ4n) is 6.35. The van der Waals surface area contributed by atoms with Gasteiger partial charge in [0.05, 0.1) is 42.2 Å². The third-order valence-corrected chi connectivity index (χ3v) is 8.71. The number of halogens is 1. The lowest BCUT2D eigenvalue weighted by molar-refractivity contribution is -0.150. The second-order valence-corrected chi connectivity index (χ2v) is 12.1. The number of nitrogens with zero attached hydrogens (tertiary/aromatic N) is 1. The number of carboxylic acid groups (broad SMARTS) is 1. The number of amides is 2. The molecule has 3 aliphatic rings. The first-order valence-electron chi connectivity index (χ1n) is 13.6. The number of carboxylic acids is 1. The van der Waals surface area contributed by atoms with Crippen LogP contribution >= 0.6 is 0 Å². The zero-order valence-corrected chi connectivity index (χ0v) is 23.0. The molecule has 4 rings (SSSR count). The number of ether oxygens (including phenoxy) is 2. The van der Waals surface area contributed by atoms with E-state index in [1.807, 2.05) is 0 Å². The molecule has 0 radical (unpaired) electrons. The van der Waals surface area contributed by atoms with Crippen LogP contribution in [-0.2, 0) is 9.59 Å². The Morgan fingerprint density at radius 2 is 1.82 bits per heavy atom. The SMILES string of the molecule is COc1cc(C#N)c(OC2CCC(C)(C(=O)O)CC2)cc1C(=O)NC1C2CCC(C2)C1C(=O)NCC(C)(C)F. The Labute approximate surface area is 228 Å². The molecule has 3 saturated carbocycles. The van der Waals surface area contributed by atoms with Crippen LogP contribution in [0.25, 0.3) is 0 Å². The molecule has 212 valence electrons. The number of alkyl halides is 1. The molecule has 0 aliphatic heterocycles. The minimum absolute atomic E-state index is 0.0999. The molecule has 2 amide bonds. The number of carbonyl (C=O) groups is 3. The molecule has 2 bridgehead atoms. The molecule has 9 nitrogen and oxygen atoms in total. The van der Waals surface area contributed by atoms with Gasteiger partial charge in [0.25, 0.3) is 5.91 Å². The fraction of sp³-hybridized carbons (Fsp3) is 0.655. The normalized spacial score (nSPS) is 29.8. The van der Waals surface area contributed by atoms with Gasteiger partial charge in [0.2, 0.25) is 5.91 Å². The van der Waals surface area contributed by atoms with Crippen LogP contribution in [0.15, 0.2) is 12.1 Å². The smallest absolute Gasteiger partial charge is 0.309 e. The van der Waals surface area contributed by atoms with Crippen molar-refractivity contribution in [1.82, 2.24) is 10.6 Å². The van der Waals surface area contributed by atoms with E-state index in [1.165, 1.54) is 33.1 Å². The van der Waals surface area contributed by atoms with Crippen LogP contribution in [0, 0.1) is 34.5 Å². The summed E-state index contributed by atoms with van der Waals surface area (Å²) in [6, 6.07) is 4.65. The minimum Gasteiger partial charge on any atom is -0.496 e. The number of methoxy groups -OCH3 is 1. The van der Waals surface area contributed by atoms with E-state index in [0.717, 1.165) is 19.3 Å². The summed E-state index contributed by atoms with van der Waals surface area (Å²) >= 11 is 0. The predicted molar refractivity (Wildman–Crippen MR) is 140 cm³/mol. The number of hydrogen-bond acceptors (Lipinski definition) is 6. The van der Waals surface area contributed by atoms with Crippen LogP contribution in [0.5, 0.6) is 11.5 Å². The van der Waals surface area contributed by atoms with Crippen LogP contribution in [0.1, 0.15) is 81.6 Å². The van der Waals surface area contributed by atoms with Crippen molar-refractivity contribution in [2.45, 2.75) is 83.5 Å². The number of hydrogen-bond donors (Lipinski definition) is 3. The number of benzene rings is 1. The number of nitriles is 1. The highest BCUT2D eigenvalue weighted by molar-refractivity contribution is 5.98. The molecule has 39 heavy (non-hydrogen) atoms. The average Bonchev–Trinajstić information content (AvgIpc) is 3.50. The highest BCUT2D eigenvalue weighted by Gasteiger charge is 2.51. The van der Waals surface area contributed by atoms with Gasteiger partial charge in [-0.2, -0.15) is 5.26 Å². The summed E-state index contributed by atoms with van der Waals surface area (Å²) in [5.41, 5.74) is -1.94. The Kier molecular flexibility index (Phi) is 8.10. The molecule has 10 heteroatoms. The summed E-state index contributed by atoms with van der Waals surface area (Å²) < 4.78 is 25.6. The second kappa shape index (κ2) is 11.0. The lowest BCUT2D eigenvalue weighted by Crippen LogP contribution is -2.51. The molecule has 0 saturated heterocycles. The summed E-state index contributed by atoms with van der Waals surface area (Å²) in [5.74, 6) is -1.23. The van der Waals surface area contributed by atoms with Gasteiger partial charge in [-0.25, -0.2) is 4.39 Å². The summed E-state index contributed by atoms with van der Waals surface area (Å²) in [6.45, 7) is 4.44. The van der Waals surface area contributed by atoms with Gasteiger partial charge >= 0.3 is 5.97 Å². The van der Waals surface area contributed by atoms with Crippen molar-refractivity contribution in [3.8, 4) is 17.6 Å². The lowest BCUT2D eigenvalue weighted by Gasteiger charge is -2.34. The van der Waals surface area contributed by atoms with Gasteiger partial charge in [0, 0.05) is 12.1 Å². The van der Waals surface area contributed by atoms with Crippen molar-refractivity contribution in [1.29, 1.82) is 5.26 Å². The highest BCUT2D eigenvalue weighted by Crippen LogP contribution is 2.49. The Morgan fingerprint density at radius 1 is 1.15 bits per heavy atom. The van der Waals surface area contributed by atoms with Crippen molar-refractivity contribution < 1.29 is 33.4 Å². The molecule has 4 unspecified atom stereocenters. The molecule has 3 fully saturated rings. The Hall–Kier alpha value is -3.35. The zero-order chi connectivity index (χ0) is 28.5. The molecule has 3 N–H and O–H groups in total. The third kappa shape index (κ3) is 6.13. The second-order valence-electron chi connectivity index (χ2n) is 12.1. The van der Waals surface area contributed by atoms with E-state index in [2.05, 4.69) is 16.7 Å². The maximum atomic E-state index is 14.0. The maximum Gasteiger partial charge on any atom is 0.309 e. The van der Waals surface area contributed by atoms with Crippen LogP contribution in [0.2, 0.25) is 0 Å². The zero-order valence-electron chi connectivity index (χ0n) is 23.0. The van der Waals surface area contributed by atoms with E-state index in [-0.39, 0.29) is 53.0 Å². The quantitative estimate of drug-likeness (QED) is 0.428. The first-order valence-corrected chi connectivity index (χ1v) is 13.6. The van der Waals surface area contributed by atoms with E-state index in [4.69, 9.17) is 9.47 Å². The molecule has 1 aromatic carbocycles. The van der Waals surface area contributed by atoms with E-state index < -0.39 is 34.9 Å².